The van der Waals surface area contributed by atoms with Crippen LogP contribution in [0.25, 0.3) is 0 Å². The maximum atomic E-state index is 11.5. The summed E-state index contributed by atoms with van der Waals surface area (Å²) in [5.41, 5.74) is 0. The van der Waals surface area contributed by atoms with E-state index in [0.717, 1.165) is 12.8 Å². The predicted octanol–water partition coefficient (Wildman–Crippen LogP) is 3.30. The van der Waals surface area contributed by atoms with E-state index in [4.69, 9.17) is 10.00 Å². The molecule has 3 heteroatoms. The van der Waals surface area contributed by atoms with Gasteiger partial charge in [-0.2, -0.15) is 5.26 Å². The molecule has 0 aromatic carbocycles. The molecule has 0 rings (SSSR count). The highest BCUT2D eigenvalue weighted by molar-refractivity contribution is 5.75. The highest BCUT2D eigenvalue weighted by Gasteiger charge is 2.25. The Balaban J connectivity index is 3.97. The van der Waals surface area contributed by atoms with E-state index < -0.39 is 5.92 Å². The Hall–Kier alpha value is -1.04. The number of ether oxygens (including phenoxy) is 1. The van der Waals surface area contributed by atoms with Gasteiger partial charge in [0.1, 0.15) is 5.92 Å². The molecule has 0 spiro atoms. The molecular formula is C13H23NO2. The summed E-state index contributed by atoms with van der Waals surface area (Å²) in [5, 5.41) is 8.95. The highest BCUT2D eigenvalue weighted by Crippen LogP contribution is 2.20. The molecule has 0 heterocycles. The van der Waals surface area contributed by atoms with E-state index in [1.807, 2.05) is 6.92 Å². The molecule has 0 aromatic rings. The van der Waals surface area contributed by atoms with Crippen molar-refractivity contribution >= 4 is 5.97 Å². The number of nitriles is 1. The molecular weight excluding hydrogens is 202 g/mol. The number of nitrogens with zero attached hydrogens (tertiary/aromatic N) is 1. The number of hydrogen-bond donors (Lipinski definition) is 0. The Kier molecular flexibility index (Phi) is 8.61. The van der Waals surface area contributed by atoms with Crippen LogP contribution < -0.4 is 0 Å². The van der Waals surface area contributed by atoms with Crippen LogP contribution in [0.15, 0.2) is 0 Å². The van der Waals surface area contributed by atoms with Gasteiger partial charge in [-0.25, -0.2) is 0 Å². The van der Waals surface area contributed by atoms with Crippen LogP contribution in [-0.4, -0.2) is 12.6 Å². The molecule has 0 amide bonds. The first-order valence-corrected chi connectivity index (χ1v) is 6.23. The smallest absolute Gasteiger partial charge is 0.323 e. The normalized spacial score (nSPS) is 13.9. The van der Waals surface area contributed by atoms with E-state index in [-0.39, 0.29) is 11.9 Å². The second kappa shape index (κ2) is 9.21. The summed E-state index contributed by atoms with van der Waals surface area (Å²) in [4.78, 5) is 11.5. The fourth-order valence-electron chi connectivity index (χ4n) is 1.70. The van der Waals surface area contributed by atoms with Gasteiger partial charge in [-0.05, 0) is 19.3 Å². The molecule has 16 heavy (non-hydrogen) atoms. The van der Waals surface area contributed by atoms with Gasteiger partial charge in [0.2, 0.25) is 0 Å². The lowest BCUT2D eigenvalue weighted by Gasteiger charge is -2.15. The van der Waals surface area contributed by atoms with Crippen molar-refractivity contribution < 1.29 is 9.53 Å². The molecule has 0 aliphatic heterocycles. The fraction of sp³-hybridized carbons (Fsp3) is 0.846. The quantitative estimate of drug-likeness (QED) is 0.470. The van der Waals surface area contributed by atoms with Crippen LogP contribution in [0.4, 0.5) is 0 Å². The van der Waals surface area contributed by atoms with Gasteiger partial charge in [0, 0.05) is 0 Å². The van der Waals surface area contributed by atoms with Crippen LogP contribution in [0.3, 0.4) is 0 Å². The Bertz CT molecular complexity index is 233. The summed E-state index contributed by atoms with van der Waals surface area (Å²) < 4.78 is 4.88. The van der Waals surface area contributed by atoms with Crippen molar-refractivity contribution in [2.45, 2.75) is 52.9 Å². The molecule has 3 nitrogen and oxygen atoms in total. The Morgan fingerprint density at radius 1 is 1.31 bits per heavy atom. The highest BCUT2D eigenvalue weighted by atomic mass is 16.5. The minimum atomic E-state index is -0.596. The SMILES string of the molecule is CCCCCC[C@@H](C)[C@@H](C#N)C(=O)OCC. The van der Waals surface area contributed by atoms with Crippen molar-refractivity contribution in [3.63, 3.8) is 0 Å². The second-order valence-electron chi connectivity index (χ2n) is 4.19. The standard InChI is InChI=1S/C13H23NO2/c1-4-6-7-8-9-11(3)12(10-14)13(15)16-5-2/h11-12H,4-9H2,1-3H3/t11-,12-/m1/s1. The second-order valence-corrected chi connectivity index (χ2v) is 4.19. The zero-order valence-corrected chi connectivity index (χ0v) is 10.7. The number of unbranched alkanes of at least 4 members (excludes halogenated alkanes) is 3. The van der Waals surface area contributed by atoms with Crippen molar-refractivity contribution in [1.29, 1.82) is 5.26 Å². The van der Waals surface area contributed by atoms with Gasteiger partial charge < -0.3 is 4.74 Å². The summed E-state index contributed by atoms with van der Waals surface area (Å²) in [7, 11) is 0. The average molecular weight is 225 g/mol. The van der Waals surface area contributed by atoms with Crippen molar-refractivity contribution in [3.05, 3.63) is 0 Å². The van der Waals surface area contributed by atoms with Gasteiger partial charge in [0.25, 0.3) is 0 Å². The molecule has 0 fully saturated rings. The van der Waals surface area contributed by atoms with E-state index in [0.29, 0.717) is 6.61 Å². The zero-order valence-electron chi connectivity index (χ0n) is 10.7. The molecule has 0 bridgehead atoms. The van der Waals surface area contributed by atoms with Gasteiger partial charge in [0.05, 0.1) is 12.7 Å². The largest absolute Gasteiger partial charge is 0.465 e. The minimum Gasteiger partial charge on any atom is -0.465 e. The third-order valence-corrected chi connectivity index (χ3v) is 2.76. The summed E-state index contributed by atoms with van der Waals surface area (Å²) in [6.07, 6.45) is 5.63. The van der Waals surface area contributed by atoms with Crippen molar-refractivity contribution in [2.75, 3.05) is 6.61 Å². The predicted molar refractivity (Wildman–Crippen MR) is 63.7 cm³/mol. The van der Waals surface area contributed by atoms with Gasteiger partial charge in [-0.3, -0.25) is 4.79 Å². The van der Waals surface area contributed by atoms with Crippen LogP contribution in [0.1, 0.15) is 52.9 Å². The van der Waals surface area contributed by atoms with E-state index >= 15 is 0 Å². The van der Waals surface area contributed by atoms with Crippen LogP contribution in [0, 0.1) is 23.2 Å². The number of rotatable bonds is 8. The van der Waals surface area contributed by atoms with Crippen LogP contribution in [0.5, 0.6) is 0 Å². The van der Waals surface area contributed by atoms with Gasteiger partial charge in [-0.1, -0.05) is 39.5 Å². The Labute approximate surface area is 98.8 Å². The lowest BCUT2D eigenvalue weighted by Crippen LogP contribution is -2.22. The van der Waals surface area contributed by atoms with Gasteiger partial charge in [0.15, 0.2) is 0 Å². The molecule has 0 aliphatic carbocycles. The lowest BCUT2D eigenvalue weighted by molar-refractivity contribution is -0.147. The Morgan fingerprint density at radius 2 is 2.00 bits per heavy atom. The Morgan fingerprint density at radius 3 is 2.50 bits per heavy atom. The first kappa shape index (κ1) is 15.0. The third kappa shape index (κ3) is 5.75. The van der Waals surface area contributed by atoms with E-state index in [9.17, 15) is 4.79 Å². The summed E-state index contributed by atoms with van der Waals surface area (Å²) in [6, 6.07) is 2.05. The van der Waals surface area contributed by atoms with Crippen LogP contribution in [0.2, 0.25) is 0 Å². The van der Waals surface area contributed by atoms with Crippen molar-refractivity contribution in [3.8, 4) is 6.07 Å². The lowest BCUT2D eigenvalue weighted by atomic mass is 9.90. The van der Waals surface area contributed by atoms with Crippen molar-refractivity contribution in [2.24, 2.45) is 11.8 Å². The number of esters is 1. The van der Waals surface area contributed by atoms with Crippen LogP contribution in [-0.2, 0) is 9.53 Å². The maximum absolute atomic E-state index is 11.5. The summed E-state index contributed by atoms with van der Waals surface area (Å²) in [6.45, 7) is 6.23. The minimum absolute atomic E-state index is 0.0981. The third-order valence-electron chi connectivity index (χ3n) is 2.76. The number of carbonyl (C=O) groups is 1. The monoisotopic (exact) mass is 225 g/mol. The maximum Gasteiger partial charge on any atom is 0.323 e. The van der Waals surface area contributed by atoms with E-state index in [1.54, 1.807) is 6.92 Å². The molecule has 0 N–H and O–H groups in total. The molecule has 0 aromatic heterocycles. The number of carbonyl (C=O) groups excluding carboxylic acids is 1. The van der Waals surface area contributed by atoms with E-state index in [1.165, 1.54) is 19.3 Å². The number of hydrogen-bond acceptors (Lipinski definition) is 3. The molecule has 0 saturated heterocycles. The fourth-order valence-corrected chi connectivity index (χ4v) is 1.70. The molecule has 0 unspecified atom stereocenters. The average Bonchev–Trinajstić information content (AvgIpc) is 2.26. The van der Waals surface area contributed by atoms with E-state index in [2.05, 4.69) is 13.0 Å². The van der Waals surface area contributed by atoms with Crippen LogP contribution >= 0.6 is 0 Å². The van der Waals surface area contributed by atoms with Gasteiger partial charge in [-0.15, -0.1) is 0 Å². The molecule has 0 saturated carbocycles. The summed E-state index contributed by atoms with van der Waals surface area (Å²) in [5.74, 6) is -0.865. The van der Waals surface area contributed by atoms with Gasteiger partial charge >= 0.3 is 5.97 Å². The first-order chi connectivity index (χ1) is 7.67. The molecule has 92 valence electrons. The molecule has 2 atom stereocenters. The molecule has 0 aliphatic rings. The summed E-state index contributed by atoms with van der Waals surface area (Å²) >= 11 is 0. The van der Waals surface area contributed by atoms with Crippen molar-refractivity contribution in [1.82, 2.24) is 0 Å². The zero-order chi connectivity index (χ0) is 12.4. The molecule has 0 radical (unpaired) electrons. The first-order valence-electron chi connectivity index (χ1n) is 6.23. The topological polar surface area (TPSA) is 50.1 Å².